The molecule has 1 heterocycles. The van der Waals surface area contributed by atoms with E-state index in [4.69, 9.17) is 4.42 Å². The van der Waals surface area contributed by atoms with Gasteiger partial charge in [0.1, 0.15) is 5.52 Å². The number of aliphatic hydroxyl groups excluding tert-OH is 1. The van der Waals surface area contributed by atoms with Crippen molar-refractivity contribution >= 4 is 22.8 Å². The Morgan fingerprint density at radius 1 is 1.48 bits per heavy atom. The number of oxazole rings is 1. The van der Waals surface area contributed by atoms with Gasteiger partial charge in [0.05, 0.1) is 11.0 Å². The van der Waals surface area contributed by atoms with E-state index < -0.39 is 11.0 Å². The smallest absolute Gasteiger partial charge is 0.295 e. The number of aliphatic hydroxyl groups is 1. The van der Waals surface area contributed by atoms with Crippen LogP contribution in [0.1, 0.15) is 27.2 Å². The van der Waals surface area contributed by atoms with Crippen molar-refractivity contribution in [1.29, 1.82) is 0 Å². The fourth-order valence-corrected chi connectivity index (χ4v) is 2.09. The molecule has 1 aromatic carbocycles. The molecule has 114 valence electrons. The molecule has 1 aromatic heterocycles. The molecule has 1 atom stereocenters. The SMILES string of the molecule is CC(C)(C)CC(O)CNc1nc2cc([N+](=O)[O-])ccc2o1. The largest absolute Gasteiger partial charge is 0.424 e. The number of aromatic nitrogens is 1. The molecule has 0 saturated heterocycles. The van der Waals surface area contributed by atoms with Gasteiger partial charge in [-0.15, -0.1) is 0 Å². The number of hydrogen-bond donors (Lipinski definition) is 2. The average Bonchev–Trinajstić information content (AvgIpc) is 2.75. The maximum absolute atomic E-state index is 10.7. The topological polar surface area (TPSA) is 101 Å². The summed E-state index contributed by atoms with van der Waals surface area (Å²) < 4.78 is 5.43. The molecule has 21 heavy (non-hydrogen) atoms. The van der Waals surface area contributed by atoms with Crippen molar-refractivity contribution in [3.63, 3.8) is 0 Å². The minimum atomic E-state index is -0.519. The Kier molecular flexibility index (Phi) is 4.13. The highest BCUT2D eigenvalue weighted by atomic mass is 16.6. The summed E-state index contributed by atoms with van der Waals surface area (Å²) in [5.41, 5.74) is 0.878. The van der Waals surface area contributed by atoms with Gasteiger partial charge >= 0.3 is 0 Å². The summed E-state index contributed by atoms with van der Waals surface area (Å²) in [5, 5.41) is 23.5. The van der Waals surface area contributed by atoms with E-state index in [9.17, 15) is 15.2 Å². The first kappa shape index (κ1) is 15.2. The van der Waals surface area contributed by atoms with Crippen LogP contribution < -0.4 is 5.32 Å². The molecular weight excluding hydrogens is 274 g/mol. The molecule has 0 aliphatic rings. The lowest BCUT2D eigenvalue weighted by molar-refractivity contribution is -0.384. The molecule has 2 rings (SSSR count). The first-order valence-corrected chi connectivity index (χ1v) is 6.71. The molecule has 7 heteroatoms. The molecular formula is C14H19N3O4. The summed E-state index contributed by atoms with van der Waals surface area (Å²) in [6.07, 6.45) is 0.125. The molecule has 0 amide bonds. The van der Waals surface area contributed by atoms with Crippen LogP contribution in [0.15, 0.2) is 22.6 Å². The number of benzene rings is 1. The summed E-state index contributed by atoms with van der Waals surface area (Å²) in [7, 11) is 0. The van der Waals surface area contributed by atoms with Crippen LogP contribution in [0.3, 0.4) is 0 Å². The molecule has 2 aromatic rings. The maximum Gasteiger partial charge on any atom is 0.295 e. The van der Waals surface area contributed by atoms with E-state index >= 15 is 0 Å². The Bertz CT molecular complexity index is 645. The first-order chi connectivity index (χ1) is 9.74. The third-order valence-corrected chi connectivity index (χ3v) is 2.92. The molecule has 0 bridgehead atoms. The fraction of sp³-hybridized carbons (Fsp3) is 0.500. The molecule has 0 spiro atoms. The maximum atomic E-state index is 10.7. The highest BCUT2D eigenvalue weighted by Gasteiger charge is 2.17. The number of non-ortho nitro benzene ring substituents is 1. The zero-order valence-electron chi connectivity index (χ0n) is 12.3. The van der Waals surface area contributed by atoms with E-state index in [0.29, 0.717) is 24.1 Å². The second-order valence-electron chi connectivity index (χ2n) is 6.23. The molecule has 0 fully saturated rings. The number of anilines is 1. The Balaban J connectivity index is 2.04. The van der Waals surface area contributed by atoms with E-state index in [-0.39, 0.29) is 17.1 Å². The zero-order valence-corrected chi connectivity index (χ0v) is 12.3. The lowest BCUT2D eigenvalue weighted by Gasteiger charge is -2.22. The Morgan fingerprint density at radius 3 is 2.81 bits per heavy atom. The van der Waals surface area contributed by atoms with Crippen LogP contribution in [-0.2, 0) is 0 Å². The van der Waals surface area contributed by atoms with Crippen molar-refractivity contribution in [2.75, 3.05) is 11.9 Å². The van der Waals surface area contributed by atoms with Gasteiger partial charge in [0.2, 0.25) is 0 Å². The normalized spacial score (nSPS) is 13.3. The Labute approximate surface area is 122 Å². The van der Waals surface area contributed by atoms with Crippen LogP contribution in [0.25, 0.3) is 11.1 Å². The fourth-order valence-electron chi connectivity index (χ4n) is 2.09. The Morgan fingerprint density at radius 2 is 2.19 bits per heavy atom. The van der Waals surface area contributed by atoms with Crippen molar-refractivity contribution in [2.45, 2.75) is 33.3 Å². The third kappa shape index (κ3) is 4.16. The number of fused-ring (bicyclic) bond motifs is 1. The highest BCUT2D eigenvalue weighted by Crippen LogP contribution is 2.24. The van der Waals surface area contributed by atoms with Gasteiger partial charge in [-0.3, -0.25) is 10.1 Å². The first-order valence-electron chi connectivity index (χ1n) is 6.71. The minimum absolute atomic E-state index is 0.0308. The van der Waals surface area contributed by atoms with Crippen LogP contribution in [0, 0.1) is 15.5 Å². The van der Waals surface area contributed by atoms with Crippen LogP contribution in [0.5, 0.6) is 0 Å². The standard InChI is InChI=1S/C14H19N3O4/c1-14(2,3)7-10(18)8-15-13-16-11-6-9(17(19)20)4-5-12(11)21-13/h4-6,10,18H,7-8H2,1-3H3,(H,15,16). The van der Waals surface area contributed by atoms with Crippen molar-refractivity contribution in [1.82, 2.24) is 4.98 Å². The monoisotopic (exact) mass is 293 g/mol. The summed E-state index contributed by atoms with van der Waals surface area (Å²) in [5.74, 6) is 0. The molecule has 7 nitrogen and oxygen atoms in total. The number of nitro groups is 1. The zero-order chi connectivity index (χ0) is 15.6. The molecule has 0 saturated carbocycles. The van der Waals surface area contributed by atoms with E-state index in [0.717, 1.165) is 0 Å². The number of nitrogens with zero attached hydrogens (tertiary/aromatic N) is 2. The van der Waals surface area contributed by atoms with Crippen molar-refractivity contribution in [3.8, 4) is 0 Å². The van der Waals surface area contributed by atoms with Gasteiger partial charge in [-0.1, -0.05) is 20.8 Å². The molecule has 0 aliphatic carbocycles. The van der Waals surface area contributed by atoms with Crippen molar-refractivity contribution in [2.24, 2.45) is 5.41 Å². The predicted molar refractivity (Wildman–Crippen MR) is 79.2 cm³/mol. The Hall–Kier alpha value is -2.15. The number of nitrogens with one attached hydrogen (secondary N) is 1. The molecule has 0 radical (unpaired) electrons. The van der Waals surface area contributed by atoms with Gasteiger partial charge in [-0.05, 0) is 17.9 Å². The van der Waals surface area contributed by atoms with Crippen LogP contribution in [0.4, 0.5) is 11.7 Å². The predicted octanol–water partition coefficient (Wildman–Crippen LogP) is 2.95. The van der Waals surface area contributed by atoms with E-state index in [1.807, 2.05) is 0 Å². The quantitative estimate of drug-likeness (QED) is 0.649. The van der Waals surface area contributed by atoms with Gasteiger partial charge < -0.3 is 14.8 Å². The number of hydrogen-bond acceptors (Lipinski definition) is 6. The summed E-state index contributed by atoms with van der Waals surface area (Å²) in [6, 6.07) is 4.48. The summed E-state index contributed by atoms with van der Waals surface area (Å²) >= 11 is 0. The van der Waals surface area contributed by atoms with Crippen molar-refractivity contribution < 1.29 is 14.4 Å². The summed E-state index contributed by atoms with van der Waals surface area (Å²) in [6.45, 7) is 6.46. The summed E-state index contributed by atoms with van der Waals surface area (Å²) in [4.78, 5) is 14.4. The van der Waals surface area contributed by atoms with Gasteiger partial charge in [0.25, 0.3) is 11.7 Å². The van der Waals surface area contributed by atoms with Crippen LogP contribution >= 0.6 is 0 Å². The highest BCUT2D eigenvalue weighted by molar-refractivity contribution is 5.77. The van der Waals surface area contributed by atoms with Crippen LogP contribution in [0.2, 0.25) is 0 Å². The minimum Gasteiger partial charge on any atom is -0.424 e. The van der Waals surface area contributed by atoms with Crippen LogP contribution in [-0.4, -0.2) is 27.7 Å². The van der Waals surface area contributed by atoms with Gasteiger partial charge in [-0.25, -0.2) is 0 Å². The molecule has 0 aliphatic heterocycles. The van der Waals surface area contributed by atoms with Gasteiger partial charge in [0.15, 0.2) is 5.58 Å². The van der Waals surface area contributed by atoms with E-state index in [2.05, 4.69) is 31.1 Å². The third-order valence-electron chi connectivity index (χ3n) is 2.92. The second-order valence-corrected chi connectivity index (χ2v) is 6.23. The van der Waals surface area contributed by atoms with Crippen molar-refractivity contribution in [3.05, 3.63) is 28.3 Å². The van der Waals surface area contributed by atoms with E-state index in [1.54, 1.807) is 0 Å². The lowest BCUT2D eigenvalue weighted by Crippen LogP contribution is -2.25. The van der Waals surface area contributed by atoms with Gasteiger partial charge in [0, 0.05) is 18.7 Å². The molecule has 2 N–H and O–H groups in total. The average molecular weight is 293 g/mol. The number of rotatable bonds is 5. The van der Waals surface area contributed by atoms with Gasteiger partial charge in [-0.2, -0.15) is 4.98 Å². The second kappa shape index (κ2) is 5.69. The lowest BCUT2D eigenvalue weighted by atomic mass is 9.89. The molecule has 1 unspecified atom stereocenters. The number of nitro benzene ring substituents is 1. The van der Waals surface area contributed by atoms with E-state index in [1.165, 1.54) is 18.2 Å².